The van der Waals surface area contributed by atoms with E-state index in [4.69, 9.17) is 10.00 Å². The number of carbonyl (C=O) groups is 1. The van der Waals surface area contributed by atoms with E-state index in [0.717, 1.165) is 23.5 Å². The second-order valence-electron chi connectivity index (χ2n) is 6.85. The van der Waals surface area contributed by atoms with Crippen molar-refractivity contribution in [2.24, 2.45) is 0 Å². The molecule has 6 nitrogen and oxygen atoms in total. The smallest absolute Gasteiger partial charge is 0.316 e. The molecule has 1 aromatic heterocycles. The van der Waals surface area contributed by atoms with E-state index < -0.39 is 11.8 Å². The van der Waals surface area contributed by atoms with Gasteiger partial charge in [-0.1, -0.05) is 30.0 Å². The molecule has 0 N–H and O–H groups in total. The van der Waals surface area contributed by atoms with Crippen LogP contribution in [0.3, 0.4) is 0 Å². The Morgan fingerprint density at radius 3 is 2.52 bits per heavy atom. The molecule has 3 aromatic carbocycles. The van der Waals surface area contributed by atoms with Crippen molar-refractivity contribution in [3.05, 3.63) is 95.6 Å². The molecular weight excluding hydrogens is 446 g/mol. The molecule has 0 amide bonds. The summed E-state index contributed by atoms with van der Waals surface area (Å²) in [6, 6.07) is 21.0. The quantitative estimate of drug-likeness (QED) is 0.287. The molecule has 4 rings (SSSR count). The van der Waals surface area contributed by atoms with Gasteiger partial charge in [-0.25, -0.2) is 8.78 Å². The molecule has 0 radical (unpaired) electrons. The summed E-state index contributed by atoms with van der Waals surface area (Å²) in [4.78, 5) is 12.3. The van der Waals surface area contributed by atoms with Crippen LogP contribution in [0.1, 0.15) is 11.1 Å². The van der Waals surface area contributed by atoms with Crippen molar-refractivity contribution in [1.82, 2.24) is 14.8 Å². The van der Waals surface area contributed by atoms with Crippen LogP contribution in [0.5, 0.6) is 0 Å². The Morgan fingerprint density at radius 1 is 1.03 bits per heavy atom. The normalized spacial score (nSPS) is 10.6. The zero-order chi connectivity index (χ0) is 23.2. The summed E-state index contributed by atoms with van der Waals surface area (Å²) in [5.74, 6) is -1.09. The average Bonchev–Trinajstić information content (AvgIpc) is 3.27. The number of esters is 1. The molecule has 4 aromatic rings. The van der Waals surface area contributed by atoms with Gasteiger partial charge in [0.25, 0.3) is 0 Å². The van der Waals surface area contributed by atoms with Gasteiger partial charge < -0.3 is 4.74 Å². The van der Waals surface area contributed by atoms with E-state index in [-0.39, 0.29) is 29.3 Å². The zero-order valence-corrected chi connectivity index (χ0v) is 17.9. The van der Waals surface area contributed by atoms with Crippen molar-refractivity contribution in [3.63, 3.8) is 0 Å². The Balaban J connectivity index is 1.51. The minimum atomic E-state index is -0.576. The fourth-order valence-corrected chi connectivity index (χ4v) is 3.79. The van der Waals surface area contributed by atoms with Crippen LogP contribution in [0.2, 0.25) is 0 Å². The number of hydrogen-bond acceptors (Lipinski definition) is 6. The number of benzene rings is 3. The van der Waals surface area contributed by atoms with Crippen LogP contribution >= 0.6 is 11.8 Å². The van der Waals surface area contributed by atoms with Crippen molar-refractivity contribution in [1.29, 1.82) is 5.26 Å². The number of hydrogen-bond donors (Lipinski definition) is 0. The third-order valence-corrected chi connectivity index (χ3v) is 5.54. The van der Waals surface area contributed by atoms with Crippen LogP contribution in [0.25, 0.3) is 17.1 Å². The molecule has 0 aliphatic carbocycles. The first-order chi connectivity index (χ1) is 16.0. The van der Waals surface area contributed by atoms with Crippen LogP contribution in [0, 0.1) is 23.0 Å². The van der Waals surface area contributed by atoms with Crippen LogP contribution in [-0.2, 0) is 16.1 Å². The van der Waals surface area contributed by atoms with Gasteiger partial charge in [0.15, 0.2) is 11.0 Å². The van der Waals surface area contributed by atoms with E-state index in [1.165, 1.54) is 24.3 Å². The maximum Gasteiger partial charge on any atom is 0.316 e. The predicted octanol–water partition coefficient (Wildman–Crippen LogP) is 4.92. The monoisotopic (exact) mass is 462 g/mol. The second-order valence-corrected chi connectivity index (χ2v) is 7.79. The van der Waals surface area contributed by atoms with E-state index in [1.807, 2.05) is 36.4 Å². The fourth-order valence-electron chi connectivity index (χ4n) is 3.04. The Kier molecular flexibility index (Phi) is 6.76. The number of carbonyl (C=O) groups excluding carboxylic acids is 1. The number of rotatable bonds is 7. The predicted molar refractivity (Wildman–Crippen MR) is 118 cm³/mol. The topological polar surface area (TPSA) is 80.8 Å². The molecule has 0 aliphatic heterocycles. The summed E-state index contributed by atoms with van der Waals surface area (Å²) in [5, 5.41) is 17.8. The van der Waals surface area contributed by atoms with Gasteiger partial charge in [-0.15, -0.1) is 10.2 Å². The van der Waals surface area contributed by atoms with Crippen molar-refractivity contribution in [3.8, 4) is 23.1 Å². The third kappa shape index (κ3) is 5.25. The maximum atomic E-state index is 13.9. The number of nitriles is 1. The van der Waals surface area contributed by atoms with Gasteiger partial charge in [-0.2, -0.15) is 5.26 Å². The molecule has 164 valence electrons. The number of halogens is 2. The first-order valence-corrected chi connectivity index (χ1v) is 10.8. The lowest BCUT2D eigenvalue weighted by molar-refractivity contribution is -0.141. The highest BCUT2D eigenvalue weighted by Gasteiger charge is 2.18. The number of nitrogens with zero attached hydrogens (tertiary/aromatic N) is 4. The lowest BCUT2D eigenvalue weighted by atomic mass is 10.1. The number of thioether (sulfide) groups is 1. The zero-order valence-electron chi connectivity index (χ0n) is 17.1. The highest BCUT2D eigenvalue weighted by atomic mass is 32.2. The van der Waals surface area contributed by atoms with Crippen LogP contribution < -0.4 is 0 Å². The average molecular weight is 462 g/mol. The van der Waals surface area contributed by atoms with Gasteiger partial charge in [0.05, 0.1) is 17.4 Å². The standard InChI is InChI=1S/C24H16F2N4O2S/c25-19-9-7-17(8-10-19)23-28-29-24(30(23)20-4-2-1-3-5-20)33-15-22(31)32-14-18-12-16(13-27)6-11-21(18)26/h1-12H,14-15H2. The number of ether oxygens (including phenoxy) is 1. The molecule has 0 unspecified atom stereocenters. The van der Waals surface area contributed by atoms with E-state index in [2.05, 4.69) is 10.2 Å². The van der Waals surface area contributed by atoms with E-state index in [9.17, 15) is 13.6 Å². The molecule has 0 bridgehead atoms. The Labute approximate surface area is 192 Å². The maximum absolute atomic E-state index is 13.9. The van der Waals surface area contributed by atoms with Crippen molar-refractivity contribution < 1.29 is 18.3 Å². The van der Waals surface area contributed by atoms with Crippen molar-refractivity contribution in [2.45, 2.75) is 11.8 Å². The molecule has 33 heavy (non-hydrogen) atoms. The van der Waals surface area contributed by atoms with Gasteiger partial charge in [0.1, 0.15) is 18.2 Å². The van der Waals surface area contributed by atoms with Crippen LogP contribution in [0.15, 0.2) is 78.0 Å². The first kappa shape index (κ1) is 22.2. The number of aromatic nitrogens is 3. The van der Waals surface area contributed by atoms with Gasteiger partial charge in [0.2, 0.25) is 0 Å². The Morgan fingerprint density at radius 2 is 1.79 bits per heavy atom. The van der Waals surface area contributed by atoms with Crippen molar-refractivity contribution in [2.75, 3.05) is 5.75 Å². The minimum Gasteiger partial charge on any atom is -0.460 e. The molecule has 0 atom stereocenters. The molecule has 0 aliphatic rings. The van der Waals surface area contributed by atoms with E-state index >= 15 is 0 Å². The van der Waals surface area contributed by atoms with Crippen LogP contribution in [-0.4, -0.2) is 26.5 Å². The lowest BCUT2D eigenvalue weighted by Gasteiger charge is -2.10. The van der Waals surface area contributed by atoms with E-state index in [0.29, 0.717) is 16.5 Å². The summed E-state index contributed by atoms with van der Waals surface area (Å²) >= 11 is 1.11. The Hall–Kier alpha value is -4.03. The molecule has 0 saturated heterocycles. The summed E-state index contributed by atoms with van der Waals surface area (Å²) in [6.45, 7) is -0.285. The van der Waals surface area contributed by atoms with Gasteiger partial charge in [-0.3, -0.25) is 9.36 Å². The molecule has 0 saturated carbocycles. The molecular formula is C24H16F2N4O2S. The third-order valence-electron chi connectivity index (χ3n) is 4.63. The molecule has 1 heterocycles. The SMILES string of the molecule is N#Cc1ccc(F)c(COC(=O)CSc2nnc(-c3ccc(F)cc3)n2-c2ccccc2)c1. The highest BCUT2D eigenvalue weighted by Crippen LogP contribution is 2.28. The summed E-state index contributed by atoms with van der Waals surface area (Å²) in [6.07, 6.45) is 0. The molecule has 0 fully saturated rings. The van der Waals surface area contributed by atoms with E-state index in [1.54, 1.807) is 16.7 Å². The summed E-state index contributed by atoms with van der Waals surface area (Å²) < 4.78 is 34.2. The fraction of sp³-hybridized carbons (Fsp3) is 0.0833. The van der Waals surface area contributed by atoms with Crippen molar-refractivity contribution >= 4 is 17.7 Å². The number of para-hydroxylation sites is 1. The molecule has 0 spiro atoms. The molecule has 9 heteroatoms. The highest BCUT2D eigenvalue weighted by molar-refractivity contribution is 7.99. The van der Waals surface area contributed by atoms with Gasteiger partial charge in [-0.05, 0) is 54.6 Å². The van der Waals surface area contributed by atoms with Gasteiger partial charge in [0, 0.05) is 16.8 Å². The second kappa shape index (κ2) is 10.1. The largest absolute Gasteiger partial charge is 0.460 e. The lowest BCUT2D eigenvalue weighted by Crippen LogP contribution is -2.09. The van der Waals surface area contributed by atoms with Crippen LogP contribution in [0.4, 0.5) is 8.78 Å². The van der Waals surface area contributed by atoms with Gasteiger partial charge >= 0.3 is 5.97 Å². The minimum absolute atomic E-state index is 0.0893. The first-order valence-electron chi connectivity index (χ1n) is 9.79. The summed E-state index contributed by atoms with van der Waals surface area (Å²) in [5.41, 5.74) is 1.84. The Bertz CT molecular complexity index is 1320. The summed E-state index contributed by atoms with van der Waals surface area (Å²) in [7, 11) is 0.